The van der Waals surface area contributed by atoms with Crippen LogP contribution in [0.3, 0.4) is 0 Å². The van der Waals surface area contributed by atoms with Crippen LogP contribution in [-0.4, -0.2) is 49.7 Å². The van der Waals surface area contributed by atoms with E-state index in [4.69, 9.17) is 11.6 Å². The highest BCUT2D eigenvalue weighted by molar-refractivity contribution is 7.89. The maximum atomic E-state index is 12.8. The Hall–Kier alpha value is -1.11. The van der Waals surface area contributed by atoms with Crippen LogP contribution in [0.15, 0.2) is 23.1 Å². The molecule has 0 saturated carbocycles. The number of benzene rings is 1. The first-order valence-corrected chi connectivity index (χ1v) is 9.60. The normalized spacial score (nSPS) is 17.3. The van der Waals surface area contributed by atoms with Crippen LogP contribution in [0.2, 0.25) is 5.02 Å². The van der Waals surface area contributed by atoms with E-state index in [1.807, 2.05) is 20.8 Å². The summed E-state index contributed by atoms with van der Waals surface area (Å²) in [7, 11) is -3.58. The Morgan fingerprint density at radius 2 is 1.87 bits per heavy atom. The molecule has 0 unspecified atom stereocenters. The highest BCUT2D eigenvalue weighted by Gasteiger charge is 2.29. The number of sulfonamides is 1. The molecule has 1 aliphatic heterocycles. The van der Waals surface area contributed by atoms with E-state index < -0.39 is 10.0 Å². The lowest BCUT2D eigenvalue weighted by atomic mass is 10.2. The lowest BCUT2D eigenvalue weighted by Crippen LogP contribution is -2.38. The third-order valence-corrected chi connectivity index (χ3v) is 6.34. The van der Waals surface area contributed by atoms with Gasteiger partial charge in [0.05, 0.1) is 4.90 Å². The zero-order valence-corrected chi connectivity index (χ0v) is 15.3. The van der Waals surface area contributed by atoms with Gasteiger partial charge >= 0.3 is 0 Å². The maximum Gasteiger partial charge on any atom is 0.243 e. The zero-order chi connectivity index (χ0) is 17.2. The maximum absolute atomic E-state index is 12.8. The summed E-state index contributed by atoms with van der Waals surface area (Å²) in [6, 6.07) is 4.79. The van der Waals surface area contributed by atoms with Crippen LogP contribution in [0.4, 0.5) is 0 Å². The van der Waals surface area contributed by atoms with Crippen LogP contribution >= 0.6 is 11.6 Å². The van der Waals surface area contributed by atoms with Gasteiger partial charge in [0.15, 0.2) is 0 Å². The molecule has 2 rings (SSSR count). The first kappa shape index (κ1) is 18.2. The number of halogens is 1. The molecule has 0 aromatic heterocycles. The van der Waals surface area contributed by atoms with E-state index in [0.29, 0.717) is 37.6 Å². The molecule has 0 N–H and O–H groups in total. The number of nitrogens with zero attached hydrogens (tertiary/aromatic N) is 2. The SMILES string of the molecule is Cc1ccc(S(=O)(=O)N2CCCN(C(=O)C(C)C)CC2)cc1Cl. The molecule has 0 spiro atoms. The number of rotatable bonds is 3. The monoisotopic (exact) mass is 358 g/mol. The van der Waals surface area contributed by atoms with Crippen LogP contribution in [-0.2, 0) is 14.8 Å². The number of carbonyl (C=O) groups is 1. The molecule has 1 amide bonds. The van der Waals surface area contributed by atoms with Gasteiger partial charge in [0.2, 0.25) is 15.9 Å². The highest BCUT2D eigenvalue weighted by atomic mass is 35.5. The number of hydrogen-bond donors (Lipinski definition) is 0. The second-order valence-corrected chi connectivity index (χ2v) is 8.49. The van der Waals surface area contributed by atoms with E-state index in [0.717, 1.165) is 5.56 Å². The van der Waals surface area contributed by atoms with E-state index in [9.17, 15) is 13.2 Å². The molecular formula is C16H23ClN2O3S. The van der Waals surface area contributed by atoms with Gasteiger partial charge in [0.25, 0.3) is 0 Å². The van der Waals surface area contributed by atoms with Gasteiger partial charge in [0, 0.05) is 37.1 Å². The highest BCUT2D eigenvalue weighted by Crippen LogP contribution is 2.23. The average molecular weight is 359 g/mol. The minimum Gasteiger partial charge on any atom is -0.341 e. The van der Waals surface area contributed by atoms with Crippen molar-refractivity contribution in [3.8, 4) is 0 Å². The van der Waals surface area contributed by atoms with Gasteiger partial charge in [-0.2, -0.15) is 4.31 Å². The fourth-order valence-electron chi connectivity index (χ4n) is 2.60. The van der Waals surface area contributed by atoms with Gasteiger partial charge in [0.1, 0.15) is 0 Å². The standard InChI is InChI=1S/C16H23ClN2O3S/c1-12(2)16(20)18-7-4-8-19(10-9-18)23(21,22)14-6-5-13(3)15(17)11-14/h5-6,11-12H,4,7-10H2,1-3H3. The Kier molecular flexibility index (Phi) is 5.70. The molecule has 1 heterocycles. The van der Waals surface area contributed by atoms with E-state index in [1.165, 1.54) is 10.4 Å². The summed E-state index contributed by atoms with van der Waals surface area (Å²) in [6.45, 7) is 7.29. The third kappa shape index (κ3) is 4.05. The van der Waals surface area contributed by atoms with Crippen LogP contribution in [0.1, 0.15) is 25.8 Å². The van der Waals surface area contributed by atoms with Crippen molar-refractivity contribution in [1.82, 2.24) is 9.21 Å². The fraction of sp³-hybridized carbons (Fsp3) is 0.562. The molecule has 1 aromatic carbocycles. The quantitative estimate of drug-likeness (QED) is 0.834. The second-order valence-electron chi connectivity index (χ2n) is 6.15. The van der Waals surface area contributed by atoms with Crippen LogP contribution < -0.4 is 0 Å². The molecule has 23 heavy (non-hydrogen) atoms. The summed E-state index contributed by atoms with van der Waals surface area (Å²) in [4.78, 5) is 14.1. The van der Waals surface area contributed by atoms with E-state index in [1.54, 1.807) is 17.0 Å². The van der Waals surface area contributed by atoms with E-state index in [2.05, 4.69) is 0 Å². The molecule has 128 valence electrons. The minimum absolute atomic E-state index is 0.0719. The van der Waals surface area contributed by atoms with Gasteiger partial charge in [-0.3, -0.25) is 4.79 Å². The summed E-state index contributed by atoms with van der Waals surface area (Å²) >= 11 is 6.05. The van der Waals surface area contributed by atoms with Crippen molar-refractivity contribution in [1.29, 1.82) is 0 Å². The smallest absolute Gasteiger partial charge is 0.243 e. The van der Waals surface area contributed by atoms with Crippen molar-refractivity contribution < 1.29 is 13.2 Å². The Morgan fingerprint density at radius 1 is 1.17 bits per heavy atom. The molecular weight excluding hydrogens is 336 g/mol. The van der Waals surface area contributed by atoms with Gasteiger partial charge in [-0.1, -0.05) is 31.5 Å². The summed E-state index contributed by atoms with van der Waals surface area (Å²) in [5.74, 6) is -0.00306. The topological polar surface area (TPSA) is 57.7 Å². The molecule has 1 saturated heterocycles. The summed E-state index contributed by atoms with van der Waals surface area (Å²) in [5, 5.41) is 0.442. The van der Waals surface area contributed by atoms with Crippen molar-refractivity contribution in [3.63, 3.8) is 0 Å². The number of carbonyl (C=O) groups excluding carboxylic acids is 1. The Labute approximate surface area is 143 Å². The molecule has 0 atom stereocenters. The molecule has 0 bridgehead atoms. The Morgan fingerprint density at radius 3 is 2.48 bits per heavy atom. The lowest BCUT2D eigenvalue weighted by Gasteiger charge is -2.23. The summed E-state index contributed by atoms with van der Waals surface area (Å²) in [6.07, 6.45) is 0.636. The Bertz CT molecular complexity index is 689. The van der Waals surface area contributed by atoms with E-state index >= 15 is 0 Å². The number of hydrogen-bond acceptors (Lipinski definition) is 3. The predicted octanol–water partition coefficient (Wildman–Crippen LogP) is 2.53. The van der Waals surface area contributed by atoms with E-state index in [-0.39, 0.29) is 16.7 Å². The molecule has 5 nitrogen and oxygen atoms in total. The zero-order valence-electron chi connectivity index (χ0n) is 13.8. The summed E-state index contributed by atoms with van der Waals surface area (Å²) < 4.78 is 27.0. The van der Waals surface area contributed by atoms with Crippen molar-refractivity contribution in [3.05, 3.63) is 28.8 Å². The van der Waals surface area contributed by atoms with Crippen molar-refractivity contribution >= 4 is 27.5 Å². The minimum atomic E-state index is -3.58. The largest absolute Gasteiger partial charge is 0.341 e. The molecule has 1 aromatic rings. The number of amides is 1. The van der Waals surface area contributed by atoms with Gasteiger partial charge < -0.3 is 4.90 Å². The van der Waals surface area contributed by atoms with Crippen molar-refractivity contribution in [2.45, 2.75) is 32.1 Å². The number of aryl methyl sites for hydroxylation is 1. The van der Waals surface area contributed by atoms with Crippen molar-refractivity contribution in [2.75, 3.05) is 26.2 Å². The van der Waals surface area contributed by atoms with Gasteiger partial charge in [-0.25, -0.2) is 8.42 Å². The third-order valence-electron chi connectivity index (χ3n) is 4.04. The predicted molar refractivity (Wildman–Crippen MR) is 91.0 cm³/mol. The molecule has 0 radical (unpaired) electrons. The fourth-order valence-corrected chi connectivity index (χ4v) is 4.34. The second kappa shape index (κ2) is 7.20. The first-order valence-electron chi connectivity index (χ1n) is 7.78. The van der Waals surface area contributed by atoms with Gasteiger partial charge in [-0.15, -0.1) is 0 Å². The van der Waals surface area contributed by atoms with Crippen LogP contribution in [0.25, 0.3) is 0 Å². The molecule has 7 heteroatoms. The molecule has 0 aliphatic carbocycles. The average Bonchev–Trinajstić information content (AvgIpc) is 2.75. The molecule has 1 aliphatic rings. The summed E-state index contributed by atoms with van der Waals surface area (Å²) in [5.41, 5.74) is 0.843. The lowest BCUT2D eigenvalue weighted by molar-refractivity contribution is -0.134. The van der Waals surface area contributed by atoms with Crippen LogP contribution in [0.5, 0.6) is 0 Å². The molecule has 1 fully saturated rings. The van der Waals surface area contributed by atoms with Gasteiger partial charge in [-0.05, 0) is 31.0 Å². The Balaban J connectivity index is 2.18. The van der Waals surface area contributed by atoms with Crippen LogP contribution in [0, 0.1) is 12.8 Å². The first-order chi connectivity index (χ1) is 10.7. The van der Waals surface area contributed by atoms with Crippen molar-refractivity contribution in [2.24, 2.45) is 5.92 Å².